The molecule has 1 atom stereocenters. The minimum atomic E-state index is -0.288. The van der Waals surface area contributed by atoms with Crippen LogP contribution in [0.3, 0.4) is 0 Å². The highest BCUT2D eigenvalue weighted by atomic mass is 16.2. The Balaban J connectivity index is 2.27. The number of carbonyl (C=O) groups excluding carboxylic acids is 1. The maximum absolute atomic E-state index is 12.1. The van der Waals surface area contributed by atoms with Crippen LogP contribution in [-0.4, -0.2) is 55.0 Å². The molecule has 118 valence electrons. The van der Waals surface area contributed by atoms with Gasteiger partial charge in [0.15, 0.2) is 0 Å². The SMILES string of the molecule is CCCCN(C)CC1CCN(C(=O)C(N)CCC)CC1. The van der Waals surface area contributed by atoms with Gasteiger partial charge in [0.1, 0.15) is 0 Å². The summed E-state index contributed by atoms with van der Waals surface area (Å²) in [5, 5.41) is 0. The molecule has 2 N–H and O–H groups in total. The van der Waals surface area contributed by atoms with Crippen LogP contribution in [0.4, 0.5) is 0 Å². The van der Waals surface area contributed by atoms with E-state index in [1.165, 1.54) is 25.9 Å². The average molecular weight is 283 g/mol. The van der Waals surface area contributed by atoms with Gasteiger partial charge in [-0.2, -0.15) is 0 Å². The molecule has 1 rings (SSSR count). The first-order valence-electron chi connectivity index (χ1n) is 8.31. The number of rotatable bonds is 8. The summed E-state index contributed by atoms with van der Waals surface area (Å²) < 4.78 is 0. The van der Waals surface area contributed by atoms with Crippen molar-refractivity contribution in [2.45, 2.75) is 58.4 Å². The highest BCUT2D eigenvalue weighted by Gasteiger charge is 2.26. The Kier molecular flexibility index (Phi) is 8.15. The molecule has 20 heavy (non-hydrogen) atoms. The minimum absolute atomic E-state index is 0.157. The lowest BCUT2D eigenvalue weighted by atomic mass is 9.95. The number of nitrogens with zero attached hydrogens (tertiary/aromatic N) is 2. The van der Waals surface area contributed by atoms with E-state index in [1.807, 2.05) is 4.90 Å². The summed E-state index contributed by atoms with van der Waals surface area (Å²) in [7, 11) is 2.21. The third-order valence-electron chi connectivity index (χ3n) is 4.31. The van der Waals surface area contributed by atoms with Crippen LogP contribution in [0.5, 0.6) is 0 Å². The number of hydrogen-bond donors (Lipinski definition) is 1. The normalized spacial score (nSPS) is 18.6. The van der Waals surface area contributed by atoms with Gasteiger partial charge in [-0.15, -0.1) is 0 Å². The van der Waals surface area contributed by atoms with E-state index >= 15 is 0 Å². The van der Waals surface area contributed by atoms with E-state index < -0.39 is 0 Å². The van der Waals surface area contributed by atoms with Gasteiger partial charge in [-0.1, -0.05) is 26.7 Å². The molecule has 1 saturated heterocycles. The maximum Gasteiger partial charge on any atom is 0.239 e. The fourth-order valence-corrected chi connectivity index (χ4v) is 2.97. The number of piperidine rings is 1. The molecule has 4 heteroatoms. The third-order valence-corrected chi connectivity index (χ3v) is 4.31. The topological polar surface area (TPSA) is 49.6 Å². The molecular weight excluding hydrogens is 250 g/mol. The zero-order valence-electron chi connectivity index (χ0n) is 13.6. The Morgan fingerprint density at radius 1 is 1.30 bits per heavy atom. The number of hydrogen-bond acceptors (Lipinski definition) is 3. The van der Waals surface area contributed by atoms with E-state index in [1.54, 1.807) is 0 Å². The molecule has 0 spiro atoms. The largest absolute Gasteiger partial charge is 0.341 e. The van der Waals surface area contributed by atoms with Crippen molar-refractivity contribution in [3.8, 4) is 0 Å². The first-order valence-corrected chi connectivity index (χ1v) is 8.31. The van der Waals surface area contributed by atoms with Gasteiger partial charge in [-0.05, 0) is 45.2 Å². The molecule has 0 bridgehead atoms. The van der Waals surface area contributed by atoms with E-state index in [4.69, 9.17) is 5.73 Å². The molecule has 1 amide bonds. The lowest BCUT2D eigenvalue weighted by molar-refractivity contribution is -0.134. The summed E-state index contributed by atoms with van der Waals surface area (Å²) in [5.74, 6) is 0.896. The molecule has 1 unspecified atom stereocenters. The van der Waals surface area contributed by atoms with Crippen LogP contribution in [0.1, 0.15) is 52.4 Å². The fourth-order valence-electron chi connectivity index (χ4n) is 2.97. The van der Waals surface area contributed by atoms with E-state index in [0.29, 0.717) is 0 Å². The van der Waals surface area contributed by atoms with Crippen LogP contribution < -0.4 is 5.73 Å². The molecule has 0 aromatic rings. The molecule has 0 aromatic carbocycles. The second-order valence-corrected chi connectivity index (χ2v) is 6.28. The monoisotopic (exact) mass is 283 g/mol. The van der Waals surface area contributed by atoms with Crippen molar-refractivity contribution >= 4 is 5.91 Å². The Bertz CT molecular complexity index is 275. The average Bonchev–Trinajstić information content (AvgIpc) is 2.45. The molecule has 0 saturated carbocycles. The molecule has 0 aromatic heterocycles. The molecule has 0 radical (unpaired) electrons. The van der Waals surface area contributed by atoms with Gasteiger partial charge in [0.05, 0.1) is 6.04 Å². The highest BCUT2D eigenvalue weighted by Crippen LogP contribution is 2.19. The lowest BCUT2D eigenvalue weighted by Gasteiger charge is -2.35. The fraction of sp³-hybridized carbons (Fsp3) is 0.938. The molecule has 1 aliphatic heterocycles. The molecular formula is C16H33N3O. The summed E-state index contributed by atoms with van der Waals surface area (Å²) in [6, 6.07) is -0.288. The summed E-state index contributed by atoms with van der Waals surface area (Å²) in [4.78, 5) is 16.6. The summed E-state index contributed by atoms with van der Waals surface area (Å²) >= 11 is 0. The Morgan fingerprint density at radius 3 is 2.50 bits per heavy atom. The number of unbranched alkanes of at least 4 members (excludes halogenated alkanes) is 1. The van der Waals surface area contributed by atoms with Gasteiger partial charge in [-0.3, -0.25) is 4.79 Å². The van der Waals surface area contributed by atoms with Crippen LogP contribution in [0.2, 0.25) is 0 Å². The van der Waals surface area contributed by atoms with Crippen LogP contribution >= 0.6 is 0 Å². The number of carbonyl (C=O) groups is 1. The summed E-state index contributed by atoms with van der Waals surface area (Å²) in [6.45, 7) is 8.45. The Morgan fingerprint density at radius 2 is 1.95 bits per heavy atom. The summed E-state index contributed by atoms with van der Waals surface area (Å²) in [5.41, 5.74) is 5.93. The van der Waals surface area contributed by atoms with Crippen molar-refractivity contribution in [2.24, 2.45) is 11.7 Å². The van der Waals surface area contributed by atoms with Gasteiger partial charge < -0.3 is 15.5 Å². The molecule has 1 fully saturated rings. The maximum atomic E-state index is 12.1. The predicted octanol–water partition coefficient (Wildman–Crippen LogP) is 2.08. The van der Waals surface area contributed by atoms with Crippen LogP contribution in [0.15, 0.2) is 0 Å². The number of likely N-dealkylation sites (tertiary alicyclic amines) is 1. The van der Waals surface area contributed by atoms with Crippen LogP contribution in [0, 0.1) is 5.92 Å². The predicted molar refractivity (Wildman–Crippen MR) is 84.6 cm³/mol. The van der Waals surface area contributed by atoms with E-state index in [9.17, 15) is 4.79 Å². The quantitative estimate of drug-likeness (QED) is 0.742. The van der Waals surface area contributed by atoms with Gasteiger partial charge in [0.25, 0.3) is 0 Å². The lowest BCUT2D eigenvalue weighted by Crippen LogP contribution is -2.48. The van der Waals surface area contributed by atoms with Crippen LogP contribution in [0.25, 0.3) is 0 Å². The summed E-state index contributed by atoms with van der Waals surface area (Å²) in [6.07, 6.45) is 6.57. The van der Waals surface area contributed by atoms with Crippen molar-refractivity contribution in [1.82, 2.24) is 9.80 Å². The second-order valence-electron chi connectivity index (χ2n) is 6.28. The standard InChI is InChI=1S/C16H33N3O/c1-4-6-10-18(3)13-14-8-11-19(12-9-14)16(20)15(17)7-5-2/h14-15H,4-13,17H2,1-3H3. The van der Waals surface area contributed by atoms with Crippen molar-refractivity contribution in [1.29, 1.82) is 0 Å². The number of nitrogens with two attached hydrogens (primary N) is 1. The zero-order valence-corrected chi connectivity index (χ0v) is 13.6. The minimum Gasteiger partial charge on any atom is -0.341 e. The smallest absolute Gasteiger partial charge is 0.239 e. The first-order chi connectivity index (χ1) is 9.58. The van der Waals surface area contributed by atoms with E-state index in [0.717, 1.165) is 44.7 Å². The molecule has 4 nitrogen and oxygen atoms in total. The van der Waals surface area contributed by atoms with Gasteiger partial charge in [0, 0.05) is 19.6 Å². The molecule has 1 heterocycles. The van der Waals surface area contributed by atoms with Gasteiger partial charge in [0.2, 0.25) is 5.91 Å². The van der Waals surface area contributed by atoms with Gasteiger partial charge in [-0.25, -0.2) is 0 Å². The molecule has 1 aliphatic rings. The third kappa shape index (κ3) is 5.80. The zero-order chi connectivity index (χ0) is 15.0. The van der Waals surface area contributed by atoms with Crippen molar-refractivity contribution in [3.63, 3.8) is 0 Å². The highest BCUT2D eigenvalue weighted by molar-refractivity contribution is 5.81. The Hall–Kier alpha value is -0.610. The van der Waals surface area contributed by atoms with Crippen molar-refractivity contribution in [2.75, 3.05) is 33.2 Å². The van der Waals surface area contributed by atoms with E-state index in [-0.39, 0.29) is 11.9 Å². The van der Waals surface area contributed by atoms with Crippen molar-refractivity contribution < 1.29 is 4.79 Å². The Labute approximate surface area is 124 Å². The molecule has 0 aliphatic carbocycles. The van der Waals surface area contributed by atoms with Crippen LogP contribution in [-0.2, 0) is 4.79 Å². The first kappa shape index (κ1) is 17.4. The second kappa shape index (κ2) is 9.35. The van der Waals surface area contributed by atoms with Gasteiger partial charge >= 0.3 is 0 Å². The number of amides is 1. The van der Waals surface area contributed by atoms with E-state index in [2.05, 4.69) is 25.8 Å². The van der Waals surface area contributed by atoms with Crippen molar-refractivity contribution in [3.05, 3.63) is 0 Å².